The molecular formula is C10H16NO. The van der Waals surface area contributed by atoms with Crippen molar-refractivity contribution in [3.05, 3.63) is 0 Å². The standard InChI is InChI=1S/C10H16NO/c12-7-10-9-4-2-1-3-8(9)5-6-11-10/h8-11H,1-6H2/t8-,9-,10+/m0/s1. The quantitative estimate of drug-likeness (QED) is 0.635. The highest BCUT2D eigenvalue weighted by atomic mass is 16.1. The molecule has 0 unspecified atom stereocenters. The Bertz CT molecular complexity index is 167. The van der Waals surface area contributed by atoms with Crippen LogP contribution < -0.4 is 5.32 Å². The molecule has 3 atom stereocenters. The fourth-order valence-electron chi connectivity index (χ4n) is 2.74. The Labute approximate surface area is 73.7 Å². The molecule has 1 saturated heterocycles. The summed E-state index contributed by atoms with van der Waals surface area (Å²) in [6.45, 7) is 1.01. The van der Waals surface area contributed by atoms with Crippen molar-refractivity contribution in [2.45, 2.75) is 38.1 Å². The Balaban J connectivity index is 2.03. The van der Waals surface area contributed by atoms with Gasteiger partial charge in [-0.1, -0.05) is 19.3 Å². The van der Waals surface area contributed by atoms with Crippen LogP contribution in [0, 0.1) is 11.8 Å². The minimum absolute atomic E-state index is 0.0454. The molecule has 2 aliphatic rings. The molecule has 0 aromatic rings. The van der Waals surface area contributed by atoms with Gasteiger partial charge in [0.1, 0.15) is 0 Å². The van der Waals surface area contributed by atoms with Crippen molar-refractivity contribution >= 4 is 6.29 Å². The van der Waals surface area contributed by atoms with E-state index in [1.807, 2.05) is 0 Å². The zero-order chi connectivity index (χ0) is 8.39. The maximum atomic E-state index is 10.6. The first-order valence-electron chi connectivity index (χ1n) is 5.03. The lowest BCUT2D eigenvalue weighted by molar-refractivity contribution is 0.161. The molecule has 1 heterocycles. The first-order valence-corrected chi connectivity index (χ1v) is 5.03. The fourth-order valence-corrected chi connectivity index (χ4v) is 2.74. The molecule has 0 aromatic carbocycles. The van der Waals surface area contributed by atoms with E-state index in [-0.39, 0.29) is 6.04 Å². The molecule has 1 aliphatic heterocycles. The summed E-state index contributed by atoms with van der Waals surface area (Å²) in [6, 6.07) is 0.0454. The summed E-state index contributed by atoms with van der Waals surface area (Å²) in [5.41, 5.74) is 0. The average Bonchev–Trinajstić information content (AvgIpc) is 2.17. The number of carbonyl (C=O) groups excluding carboxylic acids is 1. The van der Waals surface area contributed by atoms with Gasteiger partial charge >= 0.3 is 0 Å². The number of piperidine rings is 1. The van der Waals surface area contributed by atoms with Crippen molar-refractivity contribution in [2.75, 3.05) is 6.54 Å². The van der Waals surface area contributed by atoms with Gasteiger partial charge in [0.2, 0.25) is 6.29 Å². The topological polar surface area (TPSA) is 29.1 Å². The van der Waals surface area contributed by atoms with Gasteiger partial charge in [0.05, 0.1) is 6.04 Å². The highest BCUT2D eigenvalue weighted by Crippen LogP contribution is 2.35. The molecule has 2 fully saturated rings. The van der Waals surface area contributed by atoms with Crippen LogP contribution in [0.3, 0.4) is 0 Å². The van der Waals surface area contributed by atoms with Crippen LogP contribution in [0.15, 0.2) is 0 Å². The Morgan fingerprint density at radius 3 is 2.83 bits per heavy atom. The average molecular weight is 166 g/mol. The second kappa shape index (κ2) is 3.56. The maximum Gasteiger partial charge on any atom is 0.217 e. The minimum Gasteiger partial charge on any atom is -0.307 e. The number of fused-ring (bicyclic) bond motifs is 1. The molecule has 1 saturated carbocycles. The lowest BCUT2D eigenvalue weighted by atomic mass is 9.72. The van der Waals surface area contributed by atoms with E-state index < -0.39 is 0 Å². The first kappa shape index (κ1) is 8.24. The van der Waals surface area contributed by atoms with Crippen molar-refractivity contribution in [1.82, 2.24) is 5.32 Å². The van der Waals surface area contributed by atoms with E-state index in [1.54, 1.807) is 0 Å². The van der Waals surface area contributed by atoms with Gasteiger partial charge < -0.3 is 5.32 Å². The Morgan fingerprint density at radius 2 is 2.00 bits per heavy atom. The molecule has 2 nitrogen and oxygen atoms in total. The minimum atomic E-state index is 0.0454. The number of rotatable bonds is 1. The number of nitrogens with one attached hydrogen (secondary N) is 1. The van der Waals surface area contributed by atoms with E-state index in [9.17, 15) is 4.79 Å². The van der Waals surface area contributed by atoms with Gasteiger partial charge in [-0.2, -0.15) is 0 Å². The molecular weight excluding hydrogens is 150 g/mol. The number of hydrogen-bond donors (Lipinski definition) is 1. The summed E-state index contributed by atoms with van der Waals surface area (Å²) in [6.07, 6.45) is 8.65. The Morgan fingerprint density at radius 1 is 1.17 bits per heavy atom. The van der Waals surface area contributed by atoms with Crippen LogP contribution in [0.2, 0.25) is 0 Å². The summed E-state index contributed by atoms with van der Waals surface area (Å²) in [5, 5.41) is 3.24. The van der Waals surface area contributed by atoms with Gasteiger partial charge in [0, 0.05) is 0 Å². The molecule has 0 spiro atoms. The van der Waals surface area contributed by atoms with Gasteiger partial charge in [-0.25, -0.2) is 0 Å². The SMILES string of the molecule is O=[C][C@H]1NCC[C@@H]2CCCC[C@@H]21. The van der Waals surface area contributed by atoms with Gasteiger partial charge in [-0.05, 0) is 31.2 Å². The van der Waals surface area contributed by atoms with Crippen LogP contribution in [0.25, 0.3) is 0 Å². The van der Waals surface area contributed by atoms with Crippen LogP contribution in [-0.4, -0.2) is 18.9 Å². The van der Waals surface area contributed by atoms with Crippen LogP contribution >= 0.6 is 0 Å². The van der Waals surface area contributed by atoms with E-state index in [1.165, 1.54) is 32.1 Å². The lowest BCUT2D eigenvalue weighted by Crippen LogP contribution is -2.48. The highest BCUT2D eigenvalue weighted by molar-refractivity contribution is 5.59. The predicted octanol–water partition coefficient (Wildman–Crippen LogP) is 1.26. The van der Waals surface area contributed by atoms with Crippen molar-refractivity contribution in [2.24, 2.45) is 11.8 Å². The van der Waals surface area contributed by atoms with Crippen LogP contribution in [0.4, 0.5) is 0 Å². The first-order chi connectivity index (χ1) is 5.92. The summed E-state index contributed by atoms with van der Waals surface area (Å²) in [5.74, 6) is 1.41. The van der Waals surface area contributed by atoms with E-state index in [4.69, 9.17) is 0 Å². The summed E-state index contributed by atoms with van der Waals surface area (Å²) < 4.78 is 0. The van der Waals surface area contributed by atoms with E-state index in [0.29, 0.717) is 5.92 Å². The summed E-state index contributed by atoms with van der Waals surface area (Å²) in [4.78, 5) is 10.6. The maximum absolute atomic E-state index is 10.6. The molecule has 2 rings (SSSR count). The van der Waals surface area contributed by atoms with Crippen molar-refractivity contribution in [3.8, 4) is 0 Å². The van der Waals surface area contributed by atoms with Crippen molar-refractivity contribution in [1.29, 1.82) is 0 Å². The number of hydrogen-bond acceptors (Lipinski definition) is 2. The molecule has 67 valence electrons. The largest absolute Gasteiger partial charge is 0.307 e. The van der Waals surface area contributed by atoms with Gasteiger partial charge in [0.15, 0.2) is 0 Å². The summed E-state index contributed by atoms with van der Waals surface area (Å²) >= 11 is 0. The monoisotopic (exact) mass is 166 g/mol. The molecule has 1 radical (unpaired) electrons. The normalized spacial score (nSPS) is 41.8. The highest BCUT2D eigenvalue weighted by Gasteiger charge is 2.34. The Hall–Kier alpha value is -0.370. The van der Waals surface area contributed by atoms with Gasteiger partial charge in [-0.3, -0.25) is 4.79 Å². The molecule has 12 heavy (non-hydrogen) atoms. The third-order valence-electron chi connectivity index (χ3n) is 3.40. The molecule has 0 bridgehead atoms. The zero-order valence-corrected chi connectivity index (χ0v) is 7.38. The van der Waals surface area contributed by atoms with Crippen LogP contribution in [-0.2, 0) is 4.79 Å². The third kappa shape index (κ3) is 1.40. The van der Waals surface area contributed by atoms with E-state index in [0.717, 1.165) is 12.5 Å². The van der Waals surface area contributed by atoms with Crippen LogP contribution in [0.5, 0.6) is 0 Å². The second-order valence-corrected chi connectivity index (χ2v) is 4.05. The predicted molar refractivity (Wildman–Crippen MR) is 47.5 cm³/mol. The van der Waals surface area contributed by atoms with Crippen molar-refractivity contribution in [3.63, 3.8) is 0 Å². The van der Waals surface area contributed by atoms with Crippen LogP contribution in [0.1, 0.15) is 32.1 Å². The molecule has 0 amide bonds. The molecule has 2 heteroatoms. The molecule has 1 N–H and O–H groups in total. The second-order valence-electron chi connectivity index (χ2n) is 4.05. The van der Waals surface area contributed by atoms with E-state index in [2.05, 4.69) is 11.6 Å². The van der Waals surface area contributed by atoms with Crippen molar-refractivity contribution < 1.29 is 4.79 Å². The zero-order valence-electron chi connectivity index (χ0n) is 7.38. The van der Waals surface area contributed by atoms with E-state index >= 15 is 0 Å². The third-order valence-corrected chi connectivity index (χ3v) is 3.40. The Kier molecular flexibility index (Phi) is 2.45. The lowest BCUT2D eigenvalue weighted by Gasteiger charge is -2.39. The summed E-state index contributed by atoms with van der Waals surface area (Å²) in [7, 11) is 0. The fraction of sp³-hybridized carbons (Fsp3) is 0.900. The molecule has 1 aliphatic carbocycles. The smallest absolute Gasteiger partial charge is 0.217 e. The van der Waals surface area contributed by atoms with Gasteiger partial charge in [0.25, 0.3) is 0 Å². The molecule has 0 aromatic heterocycles. The van der Waals surface area contributed by atoms with Gasteiger partial charge in [-0.15, -0.1) is 0 Å².